The molecule has 0 aromatic carbocycles. The molecule has 1 rings (SSSR count). The Morgan fingerprint density at radius 3 is 2.35 bits per heavy atom. The van der Waals surface area contributed by atoms with Crippen LogP contribution in [0.5, 0.6) is 0 Å². The van der Waals surface area contributed by atoms with Crippen LogP contribution in [0.3, 0.4) is 0 Å². The molecule has 0 amide bonds. The second kappa shape index (κ2) is 8.03. The molecular weight excluding hydrogens is 218 g/mol. The maximum Gasteiger partial charge on any atom is 0.0700 e. The van der Waals surface area contributed by atoms with Crippen LogP contribution in [0.25, 0.3) is 0 Å². The highest BCUT2D eigenvalue weighted by Gasteiger charge is 2.31. The van der Waals surface area contributed by atoms with E-state index in [9.17, 15) is 5.11 Å². The molecule has 0 radical (unpaired) electrons. The predicted molar refractivity (Wildman–Crippen MR) is 68.2 cm³/mol. The van der Waals surface area contributed by atoms with Crippen molar-refractivity contribution in [3.05, 3.63) is 0 Å². The third-order valence-corrected chi connectivity index (χ3v) is 3.00. The average molecular weight is 245 g/mol. The summed E-state index contributed by atoms with van der Waals surface area (Å²) in [5, 5.41) is 12.9. The van der Waals surface area contributed by atoms with Gasteiger partial charge in [-0.3, -0.25) is 0 Å². The number of hydrogen-bond donors (Lipinski definition) is 2. The smallest absolute Gasteiger partial charge is 0.0700 e. The molecule has 17 heavy (non-hydrogen) atoms. The van der Waals surface area contributed by atoms with Gasteiger partial charge in [-0.2, -0.15) is 0 Å². The minimum absolute atomic E-state index is 0.166. The summed E-state index contributed by atoms with van der Waals surface area (Å²) in [6.07, 6.45) is 4.37. The highest BCUT2D eigenvalue weighted by molar-refractivity contribution is 4.92. The van der Waals surface area contributed by atoms with E-state index in [1.807, 2.05) is 0 Å². The summed E-state index contributed by atoms with van der Waals surface area (Å²) in [6, 6.07) is 0.611. The van der Waals surface area contributed by atoms with Gasteiger partial charge in [0.05, 0.1) is 19.8 Å². The van der Waals surface area contributed by atoms with E-state index >= 15 is 0 Å². The van der Waals surface area contributed by atoms with Crippen LogP contribution in [-0.2, 0) is 9.47 Å². The fourth-order valence-corrected chi connectivity index (χ4v) is 1.68. The SMILES string of the molecule is CCCOCCOCCC(C)(CO)NC1CC1. The summed E-state index contributed by atoms with van der Waals surface area (Å²) in [4.78, 5) is 0. The molecule has 1 atom stereocenters. The van der Waals surface area contributed by atoms with Gasteiger partial charge in [-0.1, -0.05) is 6.92 Å². The fourth-order valence-electron chi connectivity index (χ4n) is 1.68. The zero-order valence-electron chi connectivity index (χ0n) is 11.2. The Balaban J connectivity index is 1.98. The molecule has 0 aromatic heterocycles. The zero-order valence-corrected chi connectivity index (χ0v) is 11.2. The van der Waals surface area contributed by atoms with Crippen molar-refractivity contribution in [1.29, 1.82) is 0 Å². The van der Waals surface area contributed by atoms with Gasteiger partial charge in [0, 0.05) is 24.8 Å². The summed E-state index contributed by atoms with van der Waals surface area (Å²) < 4.78 is 10.8. The van der Waals surface area contributed by atoms with E-state index in [0.717, 1.165) is 19.4 Å². The number of hydrogen-bond acceptors (Lipinski definition) is 4. The summed E-state index contributed by atoms with van der Waals surface area (Å²) in [5.41, 5.74) is -0.189. The lowest BCUT2D eigenvalue weighted by molar-refractivity contribution is 0.0342. The van der Waals surface area contributed by atoms with Crippen molar-refractivity contribution in [3.63, 3.8) is 0 Å². The van der Waals surface area contributed by atoms with Crippen molar-refractivity contribution >= 4 is 0 Å². The Hall–Kier alpha value is -0.160. The van der Waals surface area contributed by atoms with Gasteiger partial charge in [-0.05, 0) is 32.6 Å². The Morgan fingerprint density at radius 2 is 1.82 bits per heavy atom. The second-order valence-corrected chi connectivity index (χ2v) is 5.11. The molecule has 4 heteroatoms. The van der Waals surface area contributed by atoms with Crippen LogP contribution in [0.2, 0.25) is 0 Å². The van der Waals surface area contributed by atoms with E-state index in [1.54, 1.807) is 0 Å². The lowest BCUT2D eigenvalue weighted by Crippen LogP contribution is -2.47. The maximum absolute atomic E-state index is 9.39. The van der Waals surface area contributed by atoms with Crippen LogP contribution in [0.4, 0.5) is 0 Å². The Labute approximate surface area is 105 Å². The molecule has 0 saturated heterocycles. The third-order valence-electron chi connectivity index (χ3n) is 3.00. The first-order valence-electron chi connectivity index (χ1n) is 6.74. The third kappa shape index (κ3) is 6.99. The maximum atomic E-state index is 9.39. The molecule has 2 N–H and O–H groups in total. The van der Waals surface area contributed by atoms with Crippen molar-refractivity contribution in [2.24, 2.45) is 0 Å². The lowest BCUT2D eigenvalue weighted by Gasteiger charge is -2.28. The average Bonchev–Trinajstić information content (AvgIpc) is 3.12. The molecule has 1 aliphatic rings. The minimum atomic E-state index is -0.189. The summed E-state index contributed by atoms with van der Waals surface area (Å²) in [5.74, 6) is 0. The predicted octanol–water partition coefficient (Wildman–Crippen LogP) is 1.32. The number of nitrogens with one attached hydrogen (secondary N) is 1. The molecule has 1 aliphatic carbocycles. The van der Waals surface area contributed by atoms with E-state index in [0.29, 0.717) is 25.9 Å². The van der Waals surface area contributed by atoms with Crippen molar-refractivity contribution < 1.29 is 14.6 Å². The standard InChI is InChI=1S/C13H27NO3/c1-3-7-16-9-10-17-8-6-13(2,11-15)14-12-4-5-12/h12,14-15H,3-11H2,1-2H3. The number of rotatable bonds is 11. The molecule has 1 fully saturated rings. The first-order valence-corrected chi connectivity index (χ1v) is 6.74. The van der Waals surface area contributed by atoms with Crippen molar-refractivity contribution in [1.82, 2.24) is 5.32 Å². The molecule has 0 heterocycles. The molecule has 4 nitrogen and oxygen atoms in total. The summed E-state index contributed by atoms with van der Waals surface area (Å²) in [7, 11) is 0. The van der Waals surface area contributed by atoms with Crippen molar-refractivity contribution in [3.8, 4) is 0 Å². The molecule has 0 spiro atoms. The van der Waals surface area contributed by atoms with Crippen LogP contribution in [0.15, 0.2) is 0 Å². The van der Waals surface area contributed by atoms with Gasteiger partial charge >= 0.3 is 0 Å². The molecule has 1 unspecified atom stereocenters. The van der Waals surface area contributed by atoms with Crippen LogP contribution in [0, 0.1) is 0 Å². The van der Waals surface area contributed by atoms with Gasteiger partial charge in [-0.15, -0.1) is 0 Å². The van der Waals surface area contributed by atoms with Crippen LogP contribution >= 0.6 is 0 Å². The quantitative estimate of drug-likeness (QED) is 0.539. The number of aliphatic hydroxyl groups excluding tert-OH is 1. The molecule has 102 valence electrons. The van der Waals surface area contributed by atoms with E-state index < -0.39 is 0 Å². The Kier molecular flexibility index (Phi) is 7.04. The molecule has 0 aliphatic heterocycles. The number of aliphatic hydroxyl groups is 1. The van der Waals surface area contributed by atoms with Crippen LogP contribution in [0.1, 0.15) is 39.5 Å². The van der Waals surface area contributed by atoms with Gasteiger partial charge < -0.3 is 19.9 Å². The number of ether oxygens (including phenoxy) is 2. The van der Waals surface area contributed by atoms with Crippen molar-refractivity contribution in [2.75, 3.05) is 33.0 Å². The normalized spacial score (nSPS) is 19.2. The Morgan fingerprint density at radius 1 is 1.18 bits per heavy atom. The van der Waals surface area contributed by atoms with Crippen molar-refractivity contribution in [2.45, 2.75) is 51.1 Å². The van der Waals surface area contributed by atoms with E-state index in [1.165, 1.54) is 12.8 Å². The summed E-state index contributed by atoms with van der Waals surface area (Å²) >= 11 is 0. The van der Waals surface area contributed by atoms with E-state index in [4.69, 9.17) is 9.47 Å². The van der Waals surface area contributed by atoms with Gasteiger partial charge in [0.2, 0.25) is 0 Å². The van der Waals surface area contributed by atoms with E-state index in [-0.39, 0.29) is 12.1 Å². The van der Waals surface area contributed by atoms with Crippen LogP contribution < -0.4 is 5.32 Å². The minimum Gasteiger partial charge on any atom is -0.394 e. The monoisotopic (exact) mass is 245 g/mol. The largest absolute Gasteiger partial charge is 0.394 e. The van der Waals surface area contributed by atoms with Gasteiger partial charge in [0.15, 0.2) is 0 Å². The van der Waals surface area contributed by atoms with Crippen LogP contribution in [-0.4, -0.2) is 49.7 Å². The first-order chi connectivity index (χ1) is 8.20. The molecule has 1 saturated carbocycles. The van der Waals surface area contributed by atoms with Gasteiger partial charge in [0.25, 0.3) is 0 Å². The lowest BCUT2D eigenvalue weighted by atomic mass is 9.99. The topological polar surface area (TPSA) is 50.7 Å². The van der Waals surface area contributed by atoms with E-state index in [2.05, 4.69) is 19.2 Å². The Bertz CT molecular complexity index is 197. The summed E-state index contributed by atoms with van der Waals surface area (Å²) in [6.45, 7) is 7.11. The fraction of sp³-hybridized carbons (Fsp3) is 1.00. The molecule has 0 bridgehead atoms. The zero-order chi connectivity index (χ0) is 12.6. The second-order valence-electron chi connectivity index (χ2n) is 5.11. The highest BCUT2D eigenvalue weighted by atomic mass is 16.5. The highest BCUT2D eigenvalue weighted by Crippen LogP contribution is 2.23. The molecule has 0 aromatic rings. The first kappa shape index (κ1) is 14.9. The van der Waals surface area contributed by atoms with Gasteiger partial charge in [-0.25, -0.2) is 0 Å². The molecular formula is C13H27NO3. The van der Waals surface area contributed by atoms with Gasteiger partial charge in [0.1, 0.15) is 0 Å².